The van der Waals surface area contributed by atoms with E-state index in [1.165, 1.54) is 30.5 Å². The van der Waals surface area contributed by atoms with E-state index in [0.29, 0.717) is 11.4 Å². The molecule has 8 nitrogen and oxygen atoms in total. The zero-order valence-electron chi connectivity index (χ0n) is 18.3. The van der Waals surface area contributed by atoms with Gasteiger partial charge in [0.05, 0.1) is 4.90 Å². The lowest BCUT2D eigenvalue weighted by Crippen LogP contribution is -2.17. The van der Waals surface area contributed by atoms with E-state index in [9.17, 15) is 13.2 Å². The first kappa shape index (κ1) is 22.9. The molecule has 34 heavy (non-hydrogen) atoms. The number of pyridine rings is 2. The lowest BCUT2D eigenvalue weighted by Gasteiger charge is -2.12. The highest BCUT2D eigenvalue weighted by Gasteiger charge is 2.18. The van der Waals surface area contributed by atoms with E-state index in [1.54, 1.807) is 42.7 Å². The van der Waals surface area contributed by atoms with Gasteiger partial charge in [-0.15, -0.1) is 0 Å². The Morgan fingerprint density at radius 1 is 0.941 bits per heavy atom. The van der Waals surface area contributed by atoms with Gasteiger partial charge in [0.2, 0.25) is 0 Å². The van der Waals surface area contributed by atoms with Crippen molar-refractivity contribution < 1.29 is 17.9 Å². The fourth-order valence-electron chi connectivity index (χ4n) is 3.15. The molecule has 0 saturated carbocycles. The number of carbonyl (C=O) groups excluding carboxylic acids is 1. The van der Waals surface area contributed by atoms with E-state index in [0.717, 1.165) is 11.1 Å². The molecule has 2 aromatic carbocycles. The first-order valence-electron chi connectivity index (χ1n) is 10.4. The Labute approximate surface area is 197 Å². The van der Waals surface area contributed by atoms with Crippen molar-refractivity contribution in [2.75, 3.05) is 10.0 Å². The van der Waals surface area contributed by atoms with Crippen LogP contribution in [-0.4, -0.2) is 24.3 Å². The van der Waals surface area contributed by atoms with Crippen molar-refractivity contribution in [1.82, 2.24) is 9.97 Å². The Kier molecular flexibility index (Phi) is 6.84. The zero-order valence-corrected chi connectivity index (χ0v) is 19.1. The van der Waals surface area contributed by atoms with Crippen molar-refractivity contribution in [3.63, 3.8) is 0 Å². The van der Waals surface area contributed by atoms with Crippen LogP contribution in [0.4, 0.5) is 11.5 Å². The van der Waals surface area contributed by atoms with Gasteiger partial charge in [0.15, 0.2) is 11.6 Å². The number of aromatic nitrogens is 2. The van der Waals surface area contributed by atoms with Gasteiger partial charge in [-0.2, -0.15) is 0 Å². The maximum absolute atomic E-state index is 12.9. The lowest BCUT2D eigenvalue weighted by molar-refractivity contribution is 0.102. The summed E-state index contributed by atoms with van der Waals surface area (Å²) in [6.07, 6.45) is 4.86. The Morgan fingerprint density at radius 2 is 1.74 bits per heavy atom. The normalized spacial score (nSPS) is 11.0. The summed E-state index contributed by atoms with van der Waals surface area (Å²) >= 11 is 0. The van der Waals surface area contributed by atoms with Gasteiger partial charge in [0, 0.05) is 29.8 Å². The standard InChI is InChI=1S/C25H22N4O4S/c1-18-5-2-7-21(15-18)29-34(31,32)22-8-3-6-20(16-22)25(30)28-24-23(9-4-12-27-24)33-17-19-10-13-26-14-11-19/h2-16,29H,17H2,1H3,(H,27,28,30). The molecular formula is C25H22N4O4S. The van der Waals surface area contributed by atoms with Crippen LogP contribution in [0.15, 0.2) is 96.3 Å². The van der Waals surface area contributed by atoms with Crippen molar-refractivity contribution in [3.8, 4) is 5.75 Å². The van der Waals surface area contributed by atoms with Gasteiger partial charge >= 0.3 is 0 Å². The number of aryl methyl sites for hydroxylation is 1. The third-order valence-electron chi connectivity index (χ3n) is 4.82. The Morgan fingerprint density at radius 3 is 2.53 bits per heavy atom. The number of ether oxygens (including phenoxy) is 1. The van der Waals surface area contributed by atoms with Crippen LogP contribution in [0.1, 0.15) is 21.5 Å². The minimum Gasteiger partial charge on any atom is -0.485 e. The third kappa shape index (κ3) is 5.76. The summed E-state index contributed by atoms with van der Waals surface area (Å²) in [5.74, 6) is 0.102. The van der Waals surface area contributed by atoms with E-state index >= 15 is 0 Å². The van der Waals surface area contributed by atoms with Crippen LogP contribution in [0.3, 0.4) is 0 Å². The molecule has 1 amide bonds. The summed E-state index contributed by atoms with van der Waals surface area (Å²) in [5, 5.41) is 2.70. The van der Waals surface area contributed by atoms with Gasteiger partial charge in [-0.25, -0.2) is 13.4 Å². The van der Waals surface area contributed by atoms with Crippen molar-refractivity contribution in [3.05, 3.63) is 108 Å². The van der Waals surface area contributed by atoms with Crippen LogP contribution < -0.4 is 14.8 Å². The average Bonchev–Trinajstić information content (AvgIpc) is 2.84. The second-order valence-corrected chi connectivity index (χ2v) is 9.13. The Hall–Kier alpha value is -4.24. The SMILES string of the molecule is Cc1cccc(NS(=O)(=O)c2cccc(C(=O)Nc3ncccc3OCc3ccncc3)c2)c1. The van der Waals surface area contributed by atoms with Gasteiger partial charge in [0.25, 0.3) is 15.9 Å². The van der Waals surface area contributed by atoms with Gasteiger partial charge in [-0.1, -0.05) is 18.2 Å². The first-order valence-corrected chi connectivity index (χ1v) is 11.9. The first-order chi connectivity index (χ1) is 16.4. The number of nitrogens with one attached hydrogen (secondary N) is 2. The third-order valence-corrected chi connectivity index (χ3v) is 6.20. The minimum absolute atomic E-state index is 0.0307. The fourth-order valence-corrected chi connectivity index (χ4v) is 4.24. The molecule has 0 bridgehead atoms. The number of amides is 1. The summed E-state index contributed by atoms with van der Waals surface area (Å²) in [4.78, 5) is 21.0. The highest BCUT2D eigenvalue weighted by Crippen LogP contribution is 2.24. The van der Waals surface area contributed by atoms with Crippen molar-refractivity contribution in [2.24, 2.45) is 0 Å². The van der Waals surface area contributed by atoms with Crippen molar-refractivity contribution in [1.29, 1.82) is 0 Å². The lowest BCUT2D eigenvalue weighted by atomic mass is 10.2. The fraction of sp³-hybridized carbons (Fsp3) is 0.0800. The number of nitrogens with zero attached hydrogens (tertiary/aromatic N) is 2. The maximum atomic E-state index is 12.9. The topological polar surface area (TPSA) is 110 Å². The molecule has 0 spiro atoms. The summed E-state index contributed by atoms with van der Waals surface area (Å²) in [6, 6.07) is 19.8. The molecule has 2 heterocycles. The van der Waals surface area contributed by atoms with Gasteiger partial charge < -0.3 is 10.1 Å². The number of benzene rings is 2. The average molecular weight is 475 g/mol. The summed E-state index contributed by atoms with van der Waals surface area (Å²) in [7, 11) is -3.88. The second-order valence-electron chi connectivity index (χ2n) is 7.45. The van der Waals surface area contributed by atoms with E-state index in [-0.39, 0.29) is 22.9 Å². The predicted molar refractivity (Wildman–Crippen MR) is 129 cm³/mol. The molecule has 0 aliphatic rings. The number of hydrogen-bond acceptors (Lipinski definition) is 6. The molecular weight excluding hydrogens is 452 g/mol. The molecule has 172 valence electrons. The molecule has 0 aliphatic carbocycles. The smallest absolute Gasteiger partial charge is 0.261 e. The molecule has 0 aliphatic heterocycles. The number of carbonyl (C=O) groups is 1. The molecule has 0 saturated heterocycles. The van der Waals surface area contributed by atoms with Crippen LogP contribution in [0.5, 0.6) is 5.75 Å². The molecule has 4 aromatic rings. The van der Waals surface area contributed by atoms with Crippen molar-refractivity contribution in [2.45, 2.75) is 18.4 Å². The van der Waals surface area contributed by atoms with Gasteiger partial charge in [-0.05, 0) is 72.6 Å². The highest BCUT2D eigenvalue weighted by atomic mass is 32.2. The van der Waals surface area contributed by atoms with Crippen LogP contribution in [0.25, 0.3) is 0 Å². The highest BCUT2D eigenvalue weighted by molar-refractivity contribution is 7.92. The zero-order chi connectivity index (χ0) is 24.0. The van der Waals surface area contributed by atoms with Crippen molar-refractivity contribution >= 4 is 27.4 Å². The molecule has 4 rings (SSSR count). The molecule has 0 atom stereocenters. The number of hydrogen-bond donors (Lipinski definition) is 2. The van der Waals surface area contributed by atoms with Crippen LogP contribution in [0, 0.1) is 6.92 Å². The predicted octanol–water partition coefficient (Wildman–Crippen LogP) is 4.42. The van der Waals surface area contributed by atoms with Crippen LogP contribution in [-0.2, 0) is 16.6 Å². The molecule has 0 radical (unpaired) electrons. The largest absolute Gasteiger partial charge is 0.485 e. The quantitative estimate of drug-likeness (QED) is 0.391. The second kappa shape index (κ2) is 10.1. The minimum atomic E-state index is -3.88. The molecule has 9 heteroatoms. The van der Waals surface area contributed by atoms with E-state index in [4.69, 9.17) is 4.74 Å². The number of rotatable bonds is 8. The van der Waals surface area contributed by atoms with Gasteiger partial charge in [0.1, 0.15) is 6.61 Å². The van der Waals surface area contributed by atoms with E-state index < -0.39 is 15.9 Å². The molecule has 2 N–H and O–H groups in total. The molecule has 0 unspecified atom stereocenters. The van der Waals surface area contributed by atoms with Crippen LogP contribution in [0.2, 0.25) is 0 Å². The molecule has 0 fully saturated rings. The number of anilines is 2. The summed E-state index contributed by atoms with van der Waals surface area (Å²) in [6.45, 7) is 2.14. The summed E-state index contributed by atoms with van der Waals surface area (Å²) < 4.78 is 34.0. The molecule has 2 aromatic heterocycles. The monoisotopic (exact) mass is 474 g/mol. The number of sulfonamides is 1. The van der Waals surface area contributed by atoms with Crippen LogP contribution >= 0.6 is 0 Å². The van der Waals surface area contributed by atoms with Gasteiger partial charge in [-0.3, -0.25) is 14.5 Å². The van der Waals surface area contributed by atoms with E-state index in [1.807, 2.05) is 25.1 Å². The van der Waals surface area contributed by atoms with E-state index in [2.05, 4.69) is 20.0 Å². The summed E-state index contributed by atoms with van der Waals surface area (Å²) in [5.41, 5.74) is 2.44. The Bertz CT molecular complexity index is 1410. The Balaban J connectivity index is 1.50. The maximum Gasteiger partial charge on any atom is 0.261 e.